The molecule has 1 saturated heterocycles. The number of carbonyl (C=O) groups excluding carboxylic acids is 1. The van der Waals surface area contributed by atoms with Crippen LogP contribution in [0.5, 0.6) is 0 Å². The van der Waals surface area contributed by atoms with E-state index >= 15 is 0 Å². The van der Waals surface area contributed by atoms with Gasteiger partial charge in [0, 0.05) is 36.7 Å². The molecule has 1 fully saturated rings. The van der Waals surface area contributed by atoms with E-state index in [-0.39, 0.29) is 12.4 Å². The Hall–Kier alpha value is -0.900. The molecule has 0 spiro atoms. The molecule has 1 heterocycles. The van der Waals surface area contributed by atoms with Crippen molar-refractivity contribution in [2.75, 3.05) is 26.2 Å². The van der Waals surface area contributed by atoms with Crippen molar-refractivity contribution in [2.24, 2.45) is 5.92 Å². The quantitative estimate of drug-likeness (QED) is 0.844. The van der Waals surface area contributed by atoms with Crippen LogP contribution in [0.25, 0.3) is 0 Å². The van der Waals surface area contributed by atoms with Gasteiger partial charge in [0.25, 0.3) is 0 Å². The third-order valence-electron chi connectivity index (χ3n) is 3.66. The molecule has 0 aromatic heterocycles. The third-order valence-corrected chi connectivity index (χ3v) is 3.90. The number of hydrogen-bond acceptors (Lipinski definition) is 3. The van der Waals surface area contributed by atoms with E-state index in [9.17, 15) is 9.90 Å². The monoisotopic (exact) mass is 281 g/mol. The number of halogens is 1. The third kappa shape index (κ3) is 4.30. The van der Waals surface area contributed by atoms with E-state index in [1.54, 1.807) is 24.3 Å². The maximum absolute atomic E-state index is 12.1. The molecule has 1 aromatic carbocycles. The van der Waals surface area contributed by atoms with Gasteiger partial charge >= 0.3 is 0 Å². The van der Waals surface area contributed by atoms with Gasteiger partial charge < -0.3 is 10.0 Å². The number of benzene rings is 1. The van der Waals surface area contributed by atoms with Crippen LogP contribution in [0, 0.1) is 5.92 Å². The predicted molar refractivity (Wildman–Crippen MR) is 76.6 cm³/mol. The summed E-state index contributed by atoms with van der Waals surface area (Å²) in [5, 5.41) is 9.79. The number of aliphatic hydroxyl groups is 1. The van der Waals surface area contributed by atoms with Crippen LogP contribution in [0.3, 0.4) is 0 Å². The van der Waals surface area contributed by atoms with E-state index in [1.165, 1.54) is 0 Å². The first-order valence-corrected chi connectivity index (χ1v) is 7.19. The second kappa shape index (κ2) is 7.04. The first kappa shape index (κ1) is 14.5. The summed E-state index contributed by atoms with van der Waals surface area (Å²) in [7, 11) is 0. The molecule has 1 unspecified atom stereocenters. The highest BCUT2D eigenvalue weighted by molar-refractivity contribution is 6.31. The van der Waals surface area contributed by atoms with Crippen LogP contribution >= 0.6 is 11.6 Å². The van der Waals surface area contributed by atoms with Gasteiger partial charge in [0.1, 0.15) is 0 Å². The topological polar surface area (TPSA) is 40.5 Å². The zero-order chi connectivity index (χ0) is 13.7. The van der Waals surface area contributed by atoms with Crippen LogP contribution in [0.4, 0.5) is 0 Å². The van der Waals surface area contributed by atoms with Gasteiger partial charge in [-0.3, -0.25) is 4.79 Å². The molecular weight excluding hydrogens is 262 g/mol. The van der Waals surface area contributed by atoms with E-state index in [0.717, 1.165) is 32.5 Å². The molecule has 1 atom stereocenters. The van der Waals surface area contributed by atoms with E-state index in [1.807, 2.05) is 0 Å². The lowest BCUT2D eigenvalue weighted by Crippen LogP contribution is -2.37. The number of Topliss-reactive ketones (excluding diaryl/α,β-unsaturated/α-hetero) is 1. The molecular formula is C15H20ClNO2. The van der Waals surface area contributed by atoms with E-state index < -0.39 is 0 Å². The summed E-state index contributed by atoms with van der Waals surface area (Å²) >= 11 is 5.89. The van der Waals surface area contributed by atoms with Gasteiger partial charge in [-0.2, -0.15) is 0 Å². The highest BCUT2D eigenvalue weighted by Gasteiger charge is 2.19. The van der Waals surface area contributed by atoms with E-state index in [4.69, 9.17) is 11.6 Å². The molecule has 1 aromatic rings. The van der Waals surface area contributed by atoms with Gasteiger partial charge in [0.15, 0.2) is 5.78 Å². The van der Waals surface area contributed by atoms with Crippen LogP contribution in [-0.4, -0.2) is 42.0 Å². The second-order valence-corrected chi connectivity index (χ2v) is 5.61. The highest BCUT2D eigenvalue weighted by atomic mass is 35.5. The summed E-state index contributed by atoms with van der Waals surface area (Å²) in [5.41, 5.74) is 0.684. The minimum atomic E-state index is 0.133. The van der Waals surface area contributed by atoms with Crippen molar-refractivity contribution in [3.8, 4) is 0 Å². The van der Waals surface area contributed by atoms with Gasteiger partial charge in [-0.25, -0.2) is 0 Å². The van der Waals surface area contributed by atoms with Crippen molar-refractivity contribution >= 4 is 17.4 Å². The van der Waals surface area contributed by atoms with Gasteiger partial charge in [0.05, 0.1) is 0 Å². The van der Waals surface area contributed by atoms with Crippen LogP contribution in [0.15, 0.2) is 24.3 Å². The number of rotatable bonds is 5. The van der Waals surface area contributed by atoms with Crippen LogP contribution in [0.2, 0.25) is 5.02 Å². The number of carbonyl (C=O) groups is 1. The van der Waals surface area contributed by atoms with Crippen molar-refractivity contribution in [2.45, 2.75) is 19.3 Å². The number of ketones is 1. The van der Waals surface area contributed by atoms with Crippen molar-refractivity contribution < 1.29 is 9.90 Å². The molecule has 1 aliphatic rings. The molecule has 1 N–H and O–H groups in total. The molecule has 0 aliphatic carbocycles. The Labute approximate surface area is 119 Å². The average molecular weight is 282 g/mol. The molecule has 0 bridgehead atoms. The summed E-state index contributed by atoms with van der Waals surface area (Å²) in [6.45, 7) is 2.94. The SMILES string of the molecule is O=C(CCN1CCCC(CO)C1)c1cccc(Cl)c1. The fraction of sp³-hybridized carbons (Fsp3) is 0.533. The number of piperidine rings is 1. The Morgan fingerprint density at radius 1 is 1.47 bits per heavy atom. The predicted octanol–water partition coefficient (Wildman–Crippen LogP) is 2.62. The maximum atomic E-state index is 12.1. The van der Waals surface area contributed by atoms with Crippen molar-refractivity contribution in [3.05, 3.63) is 34.9 Å². The molecule has 0 radical (unpaired) electrons. The zero-order valence-corrected chi connectivity index (χ0v) is 11.8. The lowest BCUT2D eigenvalue weighted by Gasteiger charge is -2.31. The number of hydrogen-bond donors (Lipinski definition) is 1. The summed E-state index contributed by atoms with van der Waals surface area (Å²) in [5.74, 6) is 0.503. The average Bonchev–Trinajstić information content (AvgIpc) is 2.45. The number of nitrogens with zero attached hydrogens (tertiary/aromatic N) is 1. The molecule has 0 amide bonds. The summed E-state index contributed by atoms with van der Waals surface area (Å²) in [4.78, 5) is 14.3. The lowest BCUT2D eigenvalue weighted by molar-refractivity contribution is 0.0917. The van der Waals surface area contributed by atoms with Crippen molar-refractivity contribution in [1.29, 1.82) is 0 Å². The molecule has 3 nitrogen and oxygen atoms in total. The molecule has 1 aliphatic heterocycles. The number of likely N-dealkylation sites (tertiary alicyclic amines) is 1. The molecule has 2 rings (SSSR count). The number of aliphatic hydroxyl groups excluding tert-OH is 1. The Kier molecular flexibility index (Phi) is 5.37. The molecule has 4 heteroatoms. The normalized spacial score (nSPS) is 20.4. The van der Waals surface area contributed by atoms with Crippen molar-refractivity contribution in [3.63, 3.8) is 0 Å². The van der Waals surface area contributed by atoms with Crippen molar-refractivity contribution in [1.82, 2.24) is 4.90 Å². The Morgan fingerprint density at radius 3 is 3.05 bits per heavy atom. The summed E-state index contributed by atoms with van der Waals surface area (Å²) in [6, 6.07) is 7.10. The lowest BCUT2D eigenvalue weighted by atomic mass is 9.98. The smallest absolute Gasteiger partial charge is 0.164 e. The minimum Gasteiger partial charge on any atom is -0.396 e. The molecule has 19 heavy (non-hydrogen) atoms. The first-order chi connectivity index (χ1) is 9.19. The summed E-state index contributed by atoms with van der Waals surface area (Å²) in [6.07, 6.45) is 2.71. The highest BCUT2D eigenvalue weighted by Crippen LogP contribution is 2.17. The fourth-order valence-corrected chi connectivity index (χ4v) is 2.76. The Bertz CT molecular complexity index is 436. The Morgan fingerprint density at radius 2 is 2.32 bits per heavy atom. The molecule has 0 saturated carbocycles. The zero-order valence-electron chi connectivity index (χ0n) is 11.0. The van der Waals surface area contributed by atoms with Crippen LogP contribution < -0.4 is 0 Å². The minimum absolute atomic E-state index is 0.133. The first-order valence-electron chi connectivity index (χ1n) is 6.81. The molecule has 104 valence electrons. The maximum Gasteiger partial charge on any atom is 0.164 e. The van der Waals surface area contributed by atoms with Crippen LogP contribution in [0.1, 0.15) is 29.6 Å². The fourth-order valence-electron chi connectivity index (χ4n) is 2.57. The standard InChI is InChI=1S/C15H20ClNO2/c16-14-5-1-4-13(9-14)15(19)6-8-17-7-2-3-12(10-17)11-18/h1,4-5,9,12,18H,2-3,6-8,10-11H2. The van der Waals surface area contributed by atoms with Gasteiger partial charge in [-0.05, 0) is 37.4 Å². The van der Waals surface area contributed by atoms with E-state index in [2.05, 4.69) is 4.90 Å². The van der Waals surface area contributed by atoms with E-state index in [0.29, 0.717) is 22.9 Å². The summed E-state index contributed by atoms with van der Waals surface area (Å²) < 4.78 is 0. The van der Waals surface area contributed by atoms with Gasteiger partial charge in [0.2, 0.25) is 0 Å². The van der Waals surface area contributed by atoms with Gasteiger partial charge in [-0.1, -0.05) is 23.7 Å². The Balaban J connectivity index is 1.83. The second-order valence-electron chi connectivity index (χ2n) is 5.17. The largest absolute Gasteiger partial charge is 0.396 e. The van der Waals surface area contributed by atoms with Gasteiger partial charge in [-0.15, -0.1) is 0 Å². The van der Waals surface area contributed by atoms with Crippen LogP contribution in [-0.2, 0) is 0 Å².